The molecule has 0 aliphatic carbocycles. The Balaban J connectivity index is 0. The zero-order valence-corrected chi connectivity index (χ0v) is 16.2. The fraction of sp³-hybridized carbons (Fsp3) is 0.929. The number of carbonyl (C=O) groups is 1. The number of hydrogen-bond acceptors (Lipinski definition) is 4. The van der Waals surface area contributed by atoms with E-state index >= 15 is 0 Å². The molecule has 0 aliphatic heterocycles. The third kappa shape index (κ3) is 13.7. The Kier molecular flexibility index (Phi) is 15.8. The summed E-state index contributed by atoms with van der Waals surface area (Å²) < 4.78 is 30.3. The molecule has 0 fully saturated rings. The number of unbranched alkanes of at least 4 members (excludes halogenated alkanes) is 9. The summed E-state index contributed by atoms with van der Waals surface area (Å²) in [4.78, 5) is 10.6. The molecule has 0 rings (SSSR count). The van der Waals surface area contributed by atoms with Crippen molar-refractivity contribution in [3.05, 3.63) is 0 Å². The molecule has 0 aromatic carbocycles. The van der Waals surface area contributed by atoms with Crippen molar-refractivity contribution in [2.75, 3.05) is 0 Å². The standard InChI is InChI=1S/C14H28O5S.Na/c1-2-3-4-5-6-7-8-9-10-11-12-13(14(15)16)20(17,18)19;/h13H,2-12H2,1H3,(H,15,16)(H,17,18,19);/q;+1/p-1. The van der Waals surface area contributed by atoms with Gasteiger partial charge in [-0.2, -0.15) is 8.42 Å². The second kappa shape index (κ2) is 14.0. The van der Waals surface area contributed by atoms with Gasteiger partial charge in [-0.25, -0.2) is 0 Å². The van der Waals surface area contributed by atoms with Gasteiger partial charge in [-0.1, -0.05) is 71.1 Å². The Bertz CT molecular complexity index is 356. The van der Waals surface area contributed by atoms with Gasteiger partial charge in [0, 0.05) is 0 Å². The van der Waals surface area contributed by atoms with Crippen LogP contribution >= 0.6 is 0 Å². The minimum absolute atomic E-state index is 0. The van der Waals surface area contributed by atoms with Crippen molar-refractivity contribution < 1.29 is 52.4 Å². The first-order chi connectivity index (χ1) is 9.39. The monoisotopic (exact) mass is 330 g/mol. The molecule has 0 amide bonds. The van der Waals surface area contributed by atoms with Gasteiger partial charge in [-0.15, -0.1) is 0 Å². The number of carbonyl (C=O) groups excluding carboxylic acids is 1. The molecule has 0 aliphatic rings. The molecular weight excluding hydrogens is 303 g/mol. The van der Waals surface area contributed by atoms with E-state index in [1.807, 2.05) is 0 Å². The predicted octanol–water partition coefficient (Wildman–Crippen LogP) is -0.692. The van der Waals surface area contributed by atoms with Crippen LogP contribution in [0.2, 0.25) is 0 Å². The van der Waals surface area contributed by atoms with Gasteiger partial charge in [0.1, 0.15) is 5.25 Å². The first-order valence-corrected chi connectivity index (χ1v) is 9.07. The second-order valence-corrected chi connectivity index (χ2v) is 6.89. The van der Waals surface area contributed by atoms with Crippen LogP contribution < -0.4 is 34.7 Å². The summed E-state index contributed by atoms with van der Waals surface area (Å²) >= 11 is 0. The van der Waals surface area contributed by atoms with Gasteiger partial charge in [-0.05, 0) is 6.42 Å². The molecule has 1 unspecified atom stereocenters. The third-order valence-corrected chi connectivity index (χ3v) is 4.59. The summed E-state index contributed by atoms with van der Waals surface area (Å²) in [5.74, 6) is -1.72. The normalized spacial score (nSPS) is 12.7. The molecule has 1 N–H and O–H groups in total. The largest absolute Gasteiger partial charge is 1.00 e. The van der Waals surface area contributed by atoms with E-state index in [9.17, 15) is 18.3 Å². The molecule has 0 saturated heterocycles. The van der Waals surface area contributed by atoms with Crippen LogP contribution in [0.5, 0.6) is 0 Å². The first-order valence-electron chi connectivity index (χ1n) is 7.56. The van der Waals surface area contributed by atoms with Crippen LogP contribution in [0.25, 0.3) is 0 Å². The van der Waals surface area contributed by atoms with E-state index in [4.69, 9.17) is 4.55 Å². The van der Waals surface area contributed by atoms with Gasteiger partial charge >= 0.3 is 29.6 Å². The van der Waals surface area contributed by atoms with Gasteiger partial charge in [0.25, 0.3) is 10.1 Å². The molecule has 1 atom stereocenters. The Hall–Kier alpha value is 0.380. The van der Waals surface area contributed by atoms with Crippen molar-refractivity contribution in [1.82, 2.24) is 0 Å². The maximum atomic E-state index is 10.8. The summed E-state index contributed by atoms with van der Waals surface area (Å²) in [6.45, 7) is 2.19. The van der Waals surface area contributed by atoms with Gasteiger partial charge in [0.2, 0.25) is 0 Å². The van der Waals surface area contributed by atoms with E-state index in [1.165, 1.54) is 38.5 Å². The maximum Gasteiger partial charge on any atom is 1.00 e. The molecule has 0 spiro atoms. The third-order valence-electron chi connectivity index (χ3n) is 3.44. The second-order valence-electron chi connectivity index (χ2n) is 5.29. The number of hydrogen-bond donors (Lipinski definition) is 1. The zero-order chi connectivity index (χ0) is 15.4. The first kappa shape index (κ1) is 23.6. The van der Waals surface area contributed by atoms with Crippen LogP contribution in [0.3, 0.4) is 0 Å². The summed E-state index contributed by atoms with van der Waals surface area (Å²) in [6.07, 6.45) is 10.8. The fourth-order valence-electron chi connectivity index (χ4n) is 2.21. The number of carboxylic acid groups (broad SMARTS) is 1. The molecule has 0 heterocycles. The minimum atomic E-state index is -4.54. The van der Waals surface area contributed by atoms with E-state index in [0.29, 0.717) is 6.42 Å². The van der Waals surface area contributed by atoms with Gasteiger partial charge in [0.05, 0.1) is 5.97 Å². The Morgan fingerprint density at radius 2 is 1.33 bits per heavy atom. The fourth-order valence-corrected chi connectivity index (χ4v) is 2.91. The maximum absolute atomic E-state index is 10.8. The van der Waals surface area contributed by atoms with E-state index < -0.39 is 21.3 Å². The number of carboxylic acids is 1. The van der Waals surface area contributed by atoms with E-state index in [0.717, 1.165) is 19.3 Å². The van der Waals surface area contributed by atoms with Crippen molar-refractivity contribution >= 4 is 16.1 Å². The molecule has 5 nitrogen and oxygen atoms in total. The van der Waals surface area contributed by atoms with Crippen molar-refractivity contribution in [1.29, 1.82) is 0 Å². The Labute approximate surface area is 150 Å². The van der Waals surface area contributed by atoms with Crippen LogP contribution in [-0.4, -0.2) is 24.2 Å². The Morgan fingerprint density at radius 3 is 1.67 bits per heavy atom. The smallest absolute Gasteiger partial charge is 0.549 e. The van der Waals surface area contributed by atoms with Gasteiger partial charge in [0.15, 0.2) is 0 Å². The van der Waals surface area contributed by atoms with E-state index in [-0.39, 0.29) is 36.0 Å². The van der Waals surface area contributed by atoms with Gasteiger partial charge in [-0.3, -0.25) is 4.55 Å². The number of rotatable bonds is 13. The molecule has 0 aromatic heterocycles. The zero-order valence-electron chi connectivity index (χ0n) is 13.3. The topological polar surface area (TPSA) is 94.5 Å². The van der Waals surface area contributed by atoms with Crippen molar-refractivity contribution in [2.24, 2.45) is 0 Å². The van der Waals surface area contributed by atoms with Crippen LogP contribution in [0, 0.1) is 0 Å². The molecule has 0 bridgehead atoms. The van der Waals surface area contributed by atoms with E-state index in [1.54, 1.807) is 0 Å². The van der Waals surface area contributed by atoms with Crippen LogP contribution in [-0.2, 0) is 14.9 Å². The van der Waals surface area contributed by atoms with Crippen LogP contribution in [0.4, 0.5) is 0 Å². The average molecular weight is 330 g/mol. The van der Waals surface area contributed by atoms with Crippen molar-refractivity contribution in [3.8, 4) is 0 Å². The predicted molar refractivity (Wildman–Crippen MR) is 76.8 cm³/mol. The summed E-state index contributed by atoms with van der Waals surface area (Å²) in [5, 5.41) is 8.81. The molecule has 0 saturated carbocycles. The average Bonchev–Trinajstić information content (AvgIpc) is 2.34. The minimum Gasteiger partial charge on any atom is -0.549 e. The summed E-state index contributed by atoms with van der Waals surface area (Å²) in [6, 6.07) is 0. The molecule has 120 valence electrons. The summed E-state index contributed by atoms with van der Waals surface area (Å²) in [5.41, 5.74) is 0. The quantitative estimate of drug-likeness (QED) is 0.274. The molecule has 0 aromatic rings. The van der Waals surface area contributed by atoms with Gasteiger partial charge < -0.3 is 9.90 Å². The molecule has 0 radical (unpaired) electrons. The van der Waals surface area contributed by atoms with Crippen molar-refractivity contribution in [3.63, 3.8) is 0 Å². The SMILES string of the molecule is CCCCCCCCCCCCC(C(=O)[O-])S(=O)(=O)O.[Na+]. The molecule has 7 heteroatoms. The Morgan fingerprint density at radius 1 is 0.952 bits per heavy atom. The summed E-state index contributed by atoms with van der Waals surface area (Å²) in [7, 11) is -4.54. The van der Waals surface area contributed by atoms with Crippen LogP contribution in [0.15, 0.2) is 0 Å². The van der Waals surface area contributed by atoms with E-state index in [2.05, 4.69) is 6.92 Å². The molecular formula is C14H27NaO5S. The van der Waals surface area contributed by atoms with Crippen molar-refractivity contribution in [2.45, 2.75) is 82.8 Å². The van der Waals surface area contributed by atoms with Crippen LogP contribution in [0.1, 0.15) is 77.6 Å². The number of aliphatic carboxylic acids is 1. The molecule has 21 heavy (non-hydrogen) atoms.